The quantitative estimate of drug-likeness (QED) is 0.560. The predicted molar refractivity (Wildman–Crippen MR) is 127 cm³/mol. The van der Waals surface area contributed by atoms with Gasteiger partial charge in [-0.25, -0.2) is 8.42 Å². The molecule has 0 aliphatic carbocycles. The molecule has 1 aromatic carbocycles. The van der Waals surface area contributed by atoms with Crippen LogP contribution in [0.15, 0.2) is 40.6 Å². The van der Waals surface area contributed by atoms with Crippen molar-refractivity contribution in [2.75, 3.05) is 25.0 Å². The second-order valence-corrected chi connectivity index (χ2v) is 11.5. The first-order valence-electron chi connectivity index (χ1n) is 10.7. The monoisotopic (exact) mass is 483 g/mol. The lowest BCUT2D eigenvalue weighted by molar-refractivity contribution is -0.115. The lowest BCUT2D eigenvalue weighted by atomic mass is 10.0. The Morgan fingerprint density at radius 3 is 2.48 bits per heavy atom. The molecule has 2 N–H and O–H groups in total. The first-order chi connectivity index (χ1) is 14.8. The van der Waals surface area contributed by atoms with Crippen molar-refractivity contribution in [1.82, 2.24) is 9.62 Å². The van der Waals surface area contributed by atoms with E-state index in [0.29, 0.717) is 29.7 Å². The molecule has 2 heterocycles. The fourth-order valence-corrected chi connectivity index (χ4v) is 6.40. The van der Waals surface area contributed by atoms with Gasteiger partial charge in [0.05, 0.1) is 22.2 Å². The topological polar surface area (TPSA) is 78.5 Å². The average molecular weight is 484 g/mol. The van der Waals surface area contributed by atoms with Gasteiger partial charge in [0.25, 0.3) is 0 Å². The standard InChI is InChI=1S/C22H30ClN3O3S2/c1-16(2)22(20-8-7-13-30-20)24-15-21(27)25-19-14-17(9-10-18(19)23)31(28,29)26-11-5-3-4-6-12-26/h7-10,13-14,16,22,24H,3-6,11-12,15H2,1-2H3,(H,25,27)/t22-/m0/s1. The van der Waals surface area contributed by atoms with E-state index in [1.165, 1.54) is 27.4 Å². The van der Waals surface area contributed by atoms with Gasteiger partial charge in [-0.2, -0.15) is 4.31 Å². The Bertz CT molecular complexity index is 970. The molecule has 170 valence electrons. The van der Waals surface area contributed by atoms with E-state index in [2.05, 4.69) is 24.5 Å². The Balaban J connectivity index is 1.69. The number of carbonyl (C=O) groups is 1. The summed E-state index contributed by atoms with van der Waals surface area (Å²) in [5.74, 6) is 0.0468. The minimum Gasteiger partial charge on any atom is -0.324 e. The molecule has 0 spiro atoms. The molecular weight excluding hydrogens is 454 g/mol. The van der Waals surface area contributed by atoms with E-state index in [-0.39, 0.29) is 23.4 Å². The van der Waals surface area contributed by atoms with Crippen LogP contribution >= 0.6 is 22.9 Å². The lowest BCUT2D eigenvalue weighted by Gasteiger charge is -2.22. The second-order valence-electron chi connectivity index (χ2n) is 8.13. The molecular formula is C22H30ClN3O3S2. The molecule has 0 radical (unpaired) electrons. The Labute approximate surface area is 194 Å². The van der Waals surface area contributed by atoms with Crippen LogP contribution in [-0.4, -0.2) is 38.3 Å². The van der Waals surface area contributed by atoms with E-state index in [4.69, 9.17) is 11.6 Å². The largest absolute Gasteiger partial charge is 0.324 e. The summed E-state index contributed by atoms with van der Waals surface area (Å²) in [5.41, 5.74) is 0.307. The van der Waals surface area contributed by atoms with Crippen LogP contribution in [0, 0.1) is 5.92 Å². The van der Waals surface area contributed by atoms with Gasteiger partial charge in [0, 0.05) is 24.0 Å². The minimum atomic E-state index is -3.62. The number of sulfonamides is 1. The van der Waals surface area contributed by atoms with E-state index in [9.17, 15) is 13.2 Å². The normalized spacial score (nSPS) is 16.8. The van der Waals surface area contributed by atoms with E-state index in [0.717, 1.165) is 25.7 Å². The van der Waals surface area contributed by atoms with Crippen LogP contribution in [0.5, 0.6) is 0 Å². The van der Waals surface area contributed by atoms with Crippen molar-refractivity contribution in [3.8, 4) is 0 Å². The number of carbonyl (C=O) groups excluding carboxylic acids is 1. The molecule has 31 heavy (non-hydrogen) atoms. The van der Waals surface area contributed by atoms with E-state index >= 15 is 0 Å². The van der Waals surface area contributed by atoms with Crippen LogP contribution in [0.1, 0.15) is 50.4 Å². The Morgan fingerprint density at radius 2 is 1.87 bits per heavy atom. The molecule has 3 rings (SSSR count). The summed E-state index contributed by atoms with van der Waals surface area (Å²) in [6, 6.07) is 8.59. The maximum atomic E-state index is 13.1. The zero-order chi connectivity index (χ0) is 22.4. The molecule has 0 unspecified atom stereocenters. The number of thiophene rings is 1. The fourth-order valence-electron chi connectivity index (χ4n) is 3.72. The summed E-state index contributed by atoms with van der Waals surface area (Å²) in [7, 11) is -3.62. The summed E-state index contributed by atoms with van der Waals surface area (Å²) < 4.78 is 27.7. The third kappa shape index (κ3) is 6.29. The van der Waals surface area contributed by atoms with Crippen LogP contribution < -0.4 is 10.6 Å². The van der Waals surface area contributed by atoms with Crippen molar-refractivity contribution in [1.29, 1.82) is 0 Å². The van der Waals surface area contributed by atoms with Gasteiger partial charge in [-0.05, 0) is 48.4 Å². The molecule has 1 atom stereocenters. The van der Waals surface area contributed by atoms with Crippen molar-refractivity contribution in [2.45, 2.75) is 50.5 Å². The number of nitrogens with one attached hydrogen (secondary N) is 2. The van der Waals surface area contributed by atoms with Crippen LogP contribution in [0.3, 0.4) is 0 Å². The first kappa shape index (κ1) is 24.2. The van der Waals surface area contributed by atoms with E-state index in [1.54, 1.807) is 11.3 Å². The number of benzene rings is 1. The summed E-state index contributed by atoms with van der Waals surface area (Å²) in [5, 5.41) is 8.38. The highest BCUT2D eigenvalue weighted by Gasteiger charge is 2.26. The van der Waals surface area contributed by atoms with Crippen LogP contribution in [-0.2, 0) is 14.8 Å². The molecule has 1 amide bonds. The molecule has 1 aliphatic rings. The van der Waals surface area contributed by atoms with Crippen LogP contribution in [0.2, 0.25) is 5.02 Å². The highest BCUT2D eigenvalue weighted by molar-refractivity contribution is 7.89. The number of amides is 1. The molecule has 1 aliphatic heterocycles. The smallest absolute Gasteiger partial charge is 0.243 e. The number of hydrogen-bond donors (Lipinski definition) is 2. The van der Waals surface area contributed by atoms with Crippen molar-refractivity contribution in [3.63, 3.8) is 0 Å². The van der Waals surface area contributed by atoms with Gasteiger partial charge in [-0.15, -0.1) is 11.3 Å². The van der Waals surface area contributed by atoms with Gasteiger partial charge < -0.3 is 10.6 Å². The second kappa shape index (κ2) is 10.9. The fraction of sp³-hybridized carbons (Fsp3) is 0.500. The van der Waals surface area contributed by atoms with Gasteiger partial charge >= 0.3 is 0 Å². The number of anilines is 1. The third-order valence-corrected chi connectivity index (χ3v) is 8.59. The summed E-state index contributed by atoms with van der Waals surface area (Å²) in [6.45, 7) is 5.35. The lowest BCUT2D eigenvalue weighted by Crippen LogP contribution is -2.33. The average Bonchev–Trinajstić information content (AvgIpc) is 3.09. The van der Waals surface area contributed by atoms with Crippen molar-refractivity contribution in [3.05, 3.63) is 45.6 Å². The number of hydrogen-bond acceptors (Lipinski definition) is 5. The van der Waals surface area contributed by atoms with Crippen molar-refractivity contribution < 1.29 is 13.2 Å². The number of halogens is 1. The maximum absolute atomic E-state index is 13.1. The Hall–Kier alpha value is -1.45. The van der Waals surface area contributed by atoms with Crippen LogP contribution in [0.25, 0.3) is 0 Å². The SMILES string of the molecule is CC(C)[C@H](NCC(=O)Nc1cc(S(=O)(=O)N2CCCCCC2)ccc1Cl)c1cccs1. The molecule has 0 bridgehead atoms. The molecule has 0 saturated carbocycles. The van der Waals surface area contributed by atoms with E-state index < -0.39 is 10.0 Å². The highest BCUT2D eigenvalue weighted by Crippen LogP contribution is 2.29. The molecule has 6 nitrogen and oxygen atoms in total. The zero-order valence-corrected chi connectivity index (χ0v) is 20.3. The Morgan fingerprint density at radius 1 is 1.16 bits per heavy atom. The van der Waals surface area contributed by atoms with Gasteiger partial charge in [0.2, 0.25) is 15.9 Å². The van der Waals surface area contributed by atoms with E-state index in [1.807, 2.05) is 17.5 Å². The molecule has 1 saturated heterocycles. The minimum absolute atomic E-state index is 0.0657. The van der Waals surface area contributed by atoms with Crippen molar-refractivity contribution >= 4 is 44.6 Å². The maximum Gasteiger partial charge on any atom is 0.243 e. The number of nitrogens with zero attached hydrogens (tertiary/aromatic N) is 1. The number of rotatable bonds is 8. The summed E-state index contributed by atoms with van der Waals surface area (Å²) in [4.78, 5) is 13.9. The molecule has 1 fully saturated rings. The summed E-state index contributed by atoms with van der Waals surface area (Å²) in [6.07, 6.45) is 3.82. The Kier molecular flexibility index (Phi) is 8.52. The van der Waals surface area contributed by atoms with Crippen LogP contribution in [0.4, 0.5) is 5.69 Å². The zero-order valence-electron chi connectivity index (χ0n) is 17.9. The first-order valence-corrected chi connectivity index (χ1v) is 13.3. The molecule has 2 aromatic rings. The van der Waals surface area contributed by atoms with Gasteiger partial charge in [0.1, 0.15) is 0 Å². The van der Waals surface area contributed by atoms with Gasteiger partial charge in [-0.1, -0.05) is 44.4 Å². The predicted octanol–water partition coefficient (Wildman–Crippen LogP) is 4.89. The van der Waals surface area contributed by atoms with Gasteiger partial charge in [-0.3, -0.25) is 4.79 Å². The molecule has 9 heteroatoms. The summed E-state index contributed by atoms with van der Waals surface area (Å²) >= 11 is 7.91. The highest BCUT2D eigenvalue weighted by atomic mass is 35.5. The van der Waals surface area contributed by atoms with Gasteiger partial charge in [0.15, 0.2) is 0 Å². The van der Waals surface area contributed by atoms with Crippen molar-refractivity contribution in [2.24, 2.45) is 5.92 Å². The third-order valence-electron chi connectivity index (χ3n) is 5.41. The molecule has 1 aromatic heterocycles.